The first kappa shape index (κ1) is 13.2. The van der Waals surface area contributed by atoms with Gasteiger partial charge in [-0.25, -0.2) is 0 Å². The van der Waals surface area contributed by atoms with E-state index in [-0.39, 0.29) is 15.0 Å². The molecule has 0 spiro atoms. The van der Waals surface area contributed by atoms with E-state index in [2.05, 4.69) is 0 Å². The van der Waals surface area contributed by atoms with E-state index >= 15 is 0 Å². The molecule has 1 rings (SSSR count). The maximum absolute atomic E-state index is 13.0. The van der Waals surface area contributed by atoms with Crippen LogP contribution < -0.4 is 4.46 Å². The molecule has 0 fully saturated rings. The van der Waals surface area contributed by atoms with Crippen molar-refractivity contribution in [2.75, 3.05) is 13.3 Å². The molecule has 1 aromatic rings. The molecular weight excluding hydrogens is 274 g/mol. The van der Waals surface area contributed by atoms with Crippen LogP contribution in [-0.2, 0) is 9.53 Å². The van der Waals surface area contributed by atoms with E-state index in [1.54, 1.807) is 13.8 Å². The van der Waals surface area contributed by atoms with Crippen molar-refractivity contribution < 1.29 is 13.9 Å². The van der Waals surface area contributed by atoms with Crippen molar-refractivity contribution in [1.29, 1.82) is 0 Å². The summed E-state index contributed by atoms with van der Waals surface area (Å²) < 4.78 is 17.9. The van der Waals surface area contributed by atoms with Gasteiger partial charge in [0, 0.05) is 0 Å². The molecule has 0 aromatic heterocycles. The van der Waals surface area contributed by atoms with Crippen molar-refractivity contribution >= 4 is 25.4 Å². The summed E-state index contributed by atoms with van der Waals surface area (Å²) in [5.74, 6) is -0.443. The number of benzene rings is 1. The summed E-state index contributed by atoms with van der Waals surface area (Å²) in [6.07, 6.45) is 0. The summed E-state index contributed by atoms with van der Waals surface area (Å²) in [6.45, 7) is 2.96. The number of hydrogen-bond acceptors (Lipinski definition) is 2. The van der Waals surface area contributed by atoms with E-state index in [4.69, 9.17) is 4.74 Å². The van der Waals surface area contributed by atoms with Crippen molar-refractivity contribution in [2.45, 2.75) is 18.2 Å². The Hall–Kier alpha value is -0.861. The van der Waals surface area contributed by atoms with Gasteiger partial charge < -0.3 is 0 Å². The SMILES string of the molecule is CCOC(=O)C(C)(CF)[Se]c1ccccc1. The van der Waals surface area contributed by atoms with Gasteiger partial charge >= 0.3 is 101 Å². The van der Waals surface area contributed by atoms with E-state index in [0.29, 0.717) is 6.61 Å². The second kappa shape index (κ2) is 6.02. The van der Waals surface area contributed by atoms with Crippen LogP contribution in [0.4, 0.5) is 4.39 Å². The van der Waals surface area contributed by atoms with Crippen molar-refractivity contribution in [3.8, 4) is 0 Å². The average molecular weight is 289 g/mol. The van der Waals surface area contributed by atoms with Crippen LogP contribution in [0.25, 0.3) is 0 Å². The number of esters is 1. The molecule has 2 nitrogen and oxygen atoms in total. The fraction of sp³-hybridized carbons (Fsp3) is 0.417. The number of halogens is 1. The first-order valence-corrected chi connectivity index (χ1v) is 6.81. The molecule has 0 amide bonds. The third-order valence-corrected chi connectivity index (χ3v) is 4.64. The molecule has 1 atom stereocenters. The fourth-order valence-corrected chi connectivity index (χ4v) is 3.28. The van der Waals surface area contributed by atoms with Gasteiger partial charge in [0.1, 0.15) is 0 Å². The normalized spacial score (nSPS) is 14.2. The molecule has 88 valence electrons. The Morgan fingerprint density at radius 2 is 2.06 bits per heavy atom. The number of carbonyl (C=O) groups excluding carboxylic acids is 1. The van der Waals surface area contributed by atoms with Crippen LogP contribution >= 0.6 is 0 Å². The van der Waals surface area contributed by atoms with Gasteiger partial charge in [-0.05, 0) is 0 Å². The third kappa shape index (κ3) is 3.32. The molecule has 1 unspecified atom stereocenters. The predicted molar refractivity (Wildman–Crippen MR) is 62.8 cm³/mol. The monoisotopic (exact) mass is 290 g/mol. The van der Waals surface area contributed by atoms with Crippen LogP contribution in [0.2, 0.25) is 4.31 Å². The van der Waals surface area contributed by atoms with Gasteiger partial charge in [-0.1, -0.05) is 0 Å². The Morgan fingerprint density at radius 3 is 2.56 bits per heavy atom. The topological polar surface area (TPSA) is 26.3 Å². The Labute approximate surface area is 101 Å². The van der Waals surface area contributed by atoms with Gasteiger partial charge in [-0.3, -0.25) is 0 Å². The molecule has 0 aliphatic carbocycles. The van der Waals surface area contributed by atoms with E-state index < -0.39 is 17.0 Å². The summed E-state index contributed by atoms with van der Waals surface area (Å²) in [7, 11) is 0. The molecular formula is C12H15FO2Se. The minimum absolute atomic E-state index is 0.255. The molecule has 0 aliphatic heterocycles. The number of alkyl halides is 1. The zero-order valence-corrected chi connectivity index (χ0v) is 11.1. The summed E-state index contributed by atoms with van der Waals surface area (Å²) in [5, 5.41) is 0. The summed E-state index contributed by atoms with van der Waals surface area (Å²) in [5.41, 5.74) is 0. The van der Waals surface area contributed by atoms with Gasteiger partial charge in [-0.2, -0.15) is 0 Å². The van der Waals surface area contributed by atoms with Gasteiger partial charge in [0.15, 0.2) is 0 Å². The summed E-state index contributed by atoms with van der Waals surface area (Å²) in [4.78, 5) is 11.7. The molecule has 0 N–H and O–H groups in total. The number of rotatable bonds is 5. The molecule has 16 heavy (non-hydrogen) atoms. The van der Waals surface area contributed by atoms with Crippen molar-refractivity contribution in [2.24, 2.45) is 0 Å². The summed E-state index contributed by atoms with van der Waals surface area (Å²) >= 11 is -0.255. The second-order valence-electron chi connectivity index (χ2n) is 3.50. The zero-order valence-electron chi connectivity index (χ0n) is 9.40. The van der Waals surface area contributed by atoms with Crippen molar-refractivity contribution in [3.63, 3.8) is 0 Å². The number of hydrogen-bond donors (Lipinski definition) is 0. The molecule has 0 heterocycles. The van der Waals surface area contributed by atoms with E-state index in [1.807, 2.05) is 30.3 Å². The molecule has 0 radical (unpaired) electrons. The second-order valence-corrected chi connectivity index (χ2v) is 6.81. The Bertz CT molecular complexity index is 342. The molecule has 0 aliphatic rings. The zero-order chi connectivity index (χ0) is 12.0. The van der Waals surface area contributed by atoms with Crippen LogP contribution in [0.15, 0.2) is 30.3 Å². The van der Waals surface area contributed by atoms with Crippen LogP contribution in [0.5, 0.6) is 0 Å². The maximum atomic E-state index is 13.0. The van der Waals surface area contributed by atoms with Crippen LogP contribution in [0.3, 0.4) is 0 Å². The first-order chi connectivity index (χ1) is 7.62. The Balaban J connectivity index is 2.78. The predicted octanol–water partition coefficient (Wildman–Crippen LogP) is 1.73. The molecule has 0 saturated carbocycles. The standard InChI is InChI=1S/C12H15FO2Se/c1-3-15-11(14)12(2,9-13)16-10-7-5-4-6-8-10/h4-8H,3,9H2,1-2H3. The Morgan fingerprint density at radius 1 is 1.44 bits per heavy atom. The van der Waals surface area contributed by atoms with Gasteiger partial charge in [0.05, 0.1) is 0 Å². The molecule has 0 saturated heterocycles. The van der Waals surface area contributed by atoms with E-state index in [9.17, 15) is 9.18 Å². The van der Waals surface area contributed by atoms with Crippen molar-refractivity contribution in [1.82, 2.24) is 0 Å². The summed E-state index contributed by atoms with van der Waals surface area (Å²) in [6, 6.07) is 9.50. The van der Waals surface area contributed by atoms with E-state index in [0.717, 1.165) is 4.46 Å². The minimum atomic E-state index is -1.01. The number of carbonyl (C=O) groups is 1. The molecule has 4 heteroatoms. The number of ether oxygens (including phenoxy) is 1. The third-order valence-electron chi connectivity index (χ3n) is 2.05. The Kier molecular flexibility index (Phi) is 4.97. The van der Waals surface area contributed by atoms with Gasteiger partial charge in [-0.15, -0.1) is 0 Å². The van der Waals surface area contributed by atoms with E-state index in [1.165, 1.54) is 0 Å². The van der Waals surface area contributed by atoms with Crippen LogP contribution in [-0.4, -0.2) is 34.2 Å². The van der Waals surface area contributed by atoms with Gasteiger partial charge in [0.2, 0.25) is 0 Å². The van der Waals surface area contributed by atoms with Crippen LogP contribution in [0, 0.1) is 0 Å². The van der Waals surface area contributed by atoms with Crippen LogP contribution in [0.1, 0.15) is 13.8 Å². The van der Waals surface area contributed by atoms with Gasteiger partial charge in [0.25, 0.3) is 0 Å². The van der Waals surface area contributed by atoms with Crippen molar-refractivity contribution in [3.05, 3.63) is 30.3 Å². The molecule has 1 aromatic carbocycles. The molecule has 0 bridgehead atoms. The fourth-order valence-electron chi connectivity index (χ4n) is 1.16. The average Bonchev–Trinajstić information content (AvgIpc) is 2.30. The quantitative estimate of drug-likeness (QED) is 0.609. The first-order valence-electron chi connectivity index (χ1n) is 5.09.